The molecular formula is C24H24F2N6. The molecule has 3 heterocycles. The number of hydrogen-bond acceptors (Lipinski definition) is 5. The molecule has 8 heteroatoms. The van der Waals surface area contributed by atoms with Crippen molar-refractivity contribution >= 4 is 11.0 Å². The van der Waals surface area contributed by atoms with Crippen LogP contribution in [0.15, 0.2) is 42.6 Å². The van der Waals surface area contributed by atoms with Crippen molar-refractivity contribution in [2.45, 2.75) is 25.3 Å². The van der Waals surface area contributed by atoms with Crippen molar-refractivity contribution < 1.29 is 8.78 Å². The van der Waals surface area contributed by atoms with Crippen LogP contribution < -0.4 is 10.6 Å². The minimum absolute atomic E-state index is 0.00233. The van der Waals surface area contributed by atoms with E-state index in [1.807, 2.05) is 12.1 Å². The Morgan fingerprint density at radius 1 is 1.06 bits per heavy atom. The van der Waals surface area contributed by atoms with E-state index in [1.165, 1.54) is 23.9 Å². The van der Waals surface area contributed by atoms with E-state index >= 15 is 0 Å². The Morgan fingerprint density at radius 2 is 1.78 bits per heavy atom. The molecule has 0 atom stereocenters. The summed E-state index contributed by atoms with van der Waals surface area (Å²) in [5, 5.41) is 13.6. The Morgan fingerprint density at radius 3 is 2.47 bits per heavy atom. The summed E-state index contributed by atoms with van der Waals surface area (Å²) >= 11 is 0. The molecule has 2 aromatic heterocycles. The Hall–Kier alpha value is -3.23. The number of aromatic nitrogens is 4. The van der Waals surface area contributed by atoms with Gasteiger partial charge in [0.05, 0.1) is 11.8 Å². The molecule has 2 aromatic carbocycles. The molecule has 0 spiro atoms. The standard InChI is InChI=1S/C24H24F2N6/c1-27-12-14-10-18(25)21(19(26)11-14)24-29-13-20-23(30-24)22(32-31-20)17-4-2-15(3-5-17)16-6-8-28-9-7-16/h2-5,10-11,13,16,27-28H,6-9,12H2,1H3,(H,31,32). The summed E-state index contributed by atoms with van der Waals surface area (Å²) < 4.78 is 29.4. The van der Waals surface area contributed by atoms with Crippen LogP contribution in [-0.4, -0.2) is 40.3 Å². The van der Waals surface area contributed by atoms with Crippen LogP contribution in [0.2, 0.25) is 0 Å². The summed E-state index contributed by atoms with van der Waals surface area (Å²) in [5.74, 6) is -0.818. The van der Waals surface area contributed by atoms with Crippen LogP contribution in [0.25, 0.3) is 33.7 Å². The molecule has 3 N–H and O–H groups in total. The molecule has 164 valence electrons. The van der Waals surface area contributed by atoms with Crippen LogP contribution in [0.5, 0.6) is 0 Å². The molecule has 0 amide bonds. The minimum atomic E-state index is -0.689. The SMILES string of the molecule is CNCc1cc(F)c(-c2ncc3[nH]nc(-c4ccc(C5CCNCC5)cc4)c3n2)c(F)c1. The number of nitrogens with zero attached hydrogens (tertiary/aromatic N) is 3. The number of hydrogen-bond donors (Lipinski definition) is 3. The number of benzene rings is 2. The Labute approximate surface area is 184 Å². The second-order valence-corrected chi connectivity index (χ2v) is 8.14. The highest BCUT2D eigenvalue weighted by molar-refractivity contribution is 5.90. The van der Waals surface area contributed by atoms with Crippen molar-refractivity contribution in [3.05, 3.63) is 65.4 Å². The van der Waals surface area contributed by atoms with E-state index in [2.05, 4.69) is 42.9 Å². The molecule has 1 aliphatic heterocycles. The van der Waals surface area contributed by atoms with E-state index < -0.39 is 11.6 Å². The van der Waals surface area contributed by atoms with Gasteiger partial charge in [-0.05, 0) is 62.2 Å². The van der Waals surface area contributed by atoms with Crippen molar-refractivity contribution in [3.63, 3.8) is 0 Å². The fourth-order valence-electron chi connectivity index (χ4n) is 4.35. The average Bonchev–Trinajstić information content (AvgIpc) is 3.23. The lowest BCUT2D eigenvalue weighted by atomic mass is 9.89. The molecule has 32 heavy (non-hydrogen) atoms. The van der Waals surface area contributed by atoms with Gasteiger partial charge in [-0.2, -0.15) is 5.10 Å². The number of aromatic amines is 1. The first-order chi connectivity index (χ1) is 15.6. The molecule has 0 saturated carbocycles. The van der Waals surface area contributed by atoms with Crippen LogP contribution in [0.3, 0.4) is 0 Å². The summed E-state index contributed by atoms with van der Waals surface area (Å²) in [7, 11) is 1.72. The van der Waals surface area contributed by atoms with Crippen molar-refractivity contribution in [3.8, 4) is 22.6 Å². The van der Waals surface area contributed by atoms with Crippen LogP contribution in [0.1, 0.15) is 29.9 Å². The zero-order valence-electron chi connectivity index (χ0n) is 17.8. The van der Waals surface area contributed by atoms with E-state index in [1.54, 1.807) is 7.05 Å². The highest BCUT2D eigenvalue weighted by Crippen LogP contribution is 2.31. The summed E-state index contributed by atoms with van der Waals surface area (Å²) in [5.41, 5.74) is 4.26. The Kier molecular flexibility index (Phi) is 5.63. The normalized spacial score (nSPS) is 14.8. The first kappa shape index (κ1) is 20.7. The highest BCUT2D eigenvalue weighted by Gasteiger charge is 2.19. The third-order valence-corrected chi connectivity index (χ3v) is 6.00. The summed E-state index contributed by atoms with van der Waals surface area (Å²) in [6.07, 6.45) is 3.77. The average molecular weight is 434 g/mol. The summed E-state index contributed by atoms with van der Waals surface area (Å²) in [4.78, 5) is 8.66. The van der Waals surface area contributed by atoms with Gasteiger partial charge in [0.2, 0.25) is 0 Å². The zero-order valence-corrected chi connectivity index (χ0v) is 17.8. The highest BCUT2D eigenvalue weighted by atomic mass is 19.1. The van der Waals surface area contributed by atoms with Gasteiger partial charge in [0.25, 0.3) is 0 Å². The molecular weight excluding hydrogens is 410 g/mol. The Bertz CT molecular complexity index is 1220. The number of halogens is 2. The summed E-state index contributed by atoms with van der Waals surface area (Å²) in [6.45, 7) is 2.45. The number of nitrogens with one attached hydrogen (secondary N) is 3. The van der Waals surface area contributed by atoms with Gasteiger partial charge in [0.1, 0.15) is 28.4 Å². The van der Waals surface area contributed by atoms with Crippen LogP contribution in [0.4, 0.5) is 8.78 Å². The largest absolute Gasteiger partial charge is 0.317 e. The molecule has 5 rings (SSSR count). The molecule has 0 aliphatic carbocycles. The van der Waals surface area contributed by atoms with Gasteiger partial charge in [0, 0.05) is 12.1 Å². The second kappa shape index (κ2) is 8.72. The van der Waals surface area contributed by atoms with Crippen molar-refractivity contribution in [1.82, 2.24) is 30.8 Å². The maximum Gasteiger partial charge on any atom is 0.165 e. The van der Waals surface area contributed by atoms with Gasteiger partial charge in [0.15, 0.2) is 5.82 Å². The first-order valence-corrected chi connectivity index (χ1v) is 10.8. The number of fused-ring (bicyclic) bond motifs is 1. The van der Waals surface area contributed by atoms with Gasteiger partial charge >= 0.3 is 0 Å². The lowest BCUT2D eigenvalue weighted by Gasteiger charge is -2.23. The van der Waals surface area contributed by atoms with Crippen LogP contribution in [0, 0.1) is 11.6 Å². The number of piperidine rings is 1. The molecule has 0 unspecified atom stereocenters. The third-order valence-electron chi connectivity index (χ3n) is 6.00. The molecule has 1 aliphatic rings. The lowest BCUT2D eigenvalue weighted by molar-refractivity contribution is 0.460. The second-order valence-electron chi connectivity index (χ2n) is 8.14. The van der Waals surface area contributed by atoms with E-state index in [-0.39, 0.29) is 11.4 Å². The lowest BCUT2D eigenvalue weighted by Crippen LogP contribution is -2.26. The van der Waals surface area contributed by atoms with Crippen LogP contribution in [-0.2, 0) is 6.54 Å². The monoisotopic (exact) mass is 434 g/mol. The molecule has 0 radical (unpaired) electrons. The van der Waals surface area contributed by atoms with Crippen molar-refractivity contribution in [1.29, 1.82) is 0 Å². The van der Waals surface area contributed by atoms with Crippen molar-refractivity contribution in [2.75, 3.05) is 20.1 Å². The predicted molar refractivity (Wildman–Crippen MR) is 120 cm³/mol. The minimum Gasteiger partial charge on any atom is -0.317 e. The van der Waals surface area contributed by atoms with E-state index in [0.717, 1.165) is 31.5 Å². The van der Waals surface area contributed by atoms with Gasteiger partial charge in [-0.3, -0.25) is 5.10 Å². The summed E-state index contributed by atoms with van der Waals surface area (Å²) in [6, 6.07) is 10.9. The maximum atomic E-state index is 14.7. The van der Waals surface area contributed by atoms with Gasteiger partial charge < -0.3 is 10.6 Å². The maximum absolute atomic E-state index is 14.7. The third kappa shape index (κ3) is 3.87. The quantitative estimate of drug-likeness (QED) is 0.440. The Balaban J connectivity index is 1.51. The van der Waals surface area contributed by atoms with Gasteiger partial charge in [-0.15, -0.1) is 0 Å². The van der Waals surface area contributed by atoms with E-state index in [9.17, 15) is 8.78 Å². The fourth-order valence-corrected chi connectivity index (χ4v) is 4.35. The number of H-pyrrole nitrogens is 1. The smallest absolute Gasteiger partial charge is 0.165 e. The van der Waals surface area contributed by atoms with Gasteiger partial charge in [-0.1, -0.05) is 24.3 Å². The predicted octanol–water partition coefficient (Wildman–Crippen LogP) is 4.15. The molecule has 4 aromatic rings. The van der Waals surface area contributed by atoms with Crippen molar-refractivity contribution in [2.24, 2.45) is 0 Å². The molecule has 6 nitrogen and oxygen atoms in total. The topological polar surface area (TPSA) is 78.5 Å². The van der Waals surface area contributed by atoms with Crippen LogP contribution >= 0.6 is 0 Å². The zero-order chi connectivity index (χ0) is 22.1. The molecule has 1 fully saturated rings. The van der Waals surface area contributed by atoms with E-state index in [4.69, 9.17) is 0 Å². The molecule has 1 saturated heterocycles. The van der Waals surface area contributed by atoms with Gasteiger partial charge in [-0.25, -0.2) is 18.7 Å². The molecule has 0 bridgehead atoms. The van der Waals surface area contributed by atoms with E-state index in [0.29, 0.717) is 34.8 Å². The number of rotatable bonds is 5. The fraction of sp³-hybridized carbons (Fsp3) is 0.292. The first-order valence-electron chi connectivity index (χ1n) is 10.8.